The highest BCUT2D eigenvalue weighted by Gasteiger charge is 2.25. The van der Waals surface area contributed by atoms with E-state index in [1.807, 2.05) is 18.2 Å². The van der Waals surface area contributed by atoms with Gasteiger partial charge in [0.1, 0.15) is 5.82 Å². The van der Waals surface area contributed by atoms with Gasteiger partial charge in [-0.2, -0.15) is 0 Å². The Hall–Kier alpha value is -1.91. The number of piperidine rings is 1. The summed E-state index contributed by atoms with van der Waals surface area (Å²) in [6, 6.07) is 15.0. The van der Waals surface area contributed by atoms with E-state index in [-0.39, 0.29) is 23.9 Å². The Balaban J connectivity index is 0.00000208. The monoisotopic (exact) mass is 349 g/mol. The minimum Gasteiger partial charge on any atom is -0.478 e. The van der Waals surface area contributed by atoms with Gasteiger partial charge in [-0.05, 0) is 49.0 Å². The molecule has 3 nitrogen and oxygen atoms in total. The van der Waals surface area contributed by atoms with Crippen LogP contribution in [0.2, 0.25) is 0 Å². The number of nitrogens with zero attached hydrogens (tertiary/aromatic N) is 1. The van der Waals surface area contributed by atoms with Crippen LogP contribution in [-0.2, 0) is 6.54 Å². The topological polar surface area (TPSA) is 40.5 Å². The molecule has 0 aromatic heterocycles. The van der Waals surface area contributed by atoms with Crippen molar-refractivity contribution < 1.29 is 14.3 Å². The zero-order valence-electron chi connectivity index (χ0n) is 13.3. The first kappa shape index (κ1) is 18.4. The number of carboxylic acids is 1. The first-order valence-corrected chi connectivity index (χ1v) is 7.93. The molecule has 0 saturated carbocycles. The Kier molecular flexibility index (Phi) is 6.35. The Morgan fingerprint density at radius 1 is 1.08 bits per heavy atom. The van der Waals surface area contributed by atoms with Crippen LogP contribution in [0.1, 0.15) is 40.2 Å². The Morgan fingerprint density at radius 3 is 2.38 bits per heavy atom. The molecule has 0 radical (unpaired) electrons. The third-order valence-corrected chi connectivity index (χ3v) is 4.54. The van der Waals surface area contributed by atoms with Crippen LogP contribution in [0, 0.1) is 5.82 Å². The van der Waals surface area contributed by atoms with Crippen molar-refractivity contribution in [1.29, 1.82) is 0 Å². The van der Waals surface area contributed by atoms with Crippen molar-refractivity contribution in [3.05, 3.63) is 71.0 Å². The molecule has 0 atom stereocenters. The molecular weight excluding hydrogens is 329 g/mol. The number of aromatic carboxylic acids is 1. The van der Waals surface area contributed by atoms with Crippen molar-refractivity contribution in [3.63, 3.8) is 0 Å². The fourth-order valence-corrected chi connectivity index (χ4v) is 3.27. The molecule has 2 aromatic rings. The van der Waals surface area contributed by atoms with Gasteiger partial charge in [0.25, 0.3) is 0 Å². The number of rotatable bonds is 4. The molecule has 1 fully saturated rings. The summed E-state index contributed by atoms with van der Waals surface area (Å²) >= 11 is 0. The second-order valence-electron chi connectivity index (χ2n) is 6.05. The average molecular weight is 350 g/mol. The molecule has 0 amide bonds. The second kappa shape index (κ2) is 8.27. The van der Waals surface area contributed by atoms with Crippen molar-refractivity contribution in [3.8, 4) is 0 Å². The van der Waals surface area contributed by atoms with E-state index in [0.29, 0.717) is 5.56 Å². The summed E-state index contributed by atoms with van der Waals surface area (Å²) in [7, 11) is 0. The first-order valence-electron chi connectivity index (χ1n) is 7.93. The van der Waals surface area contributed by atoms with E-state index >= 15 is 0 Å². The summed E-state index contributed by atoms with van der Waals surface area (Å²) < 4.78 is 14.4. The summed E-state index contributed by atoms with van der Waals surface area (Å²) in [5, 5.41) is 9.05. The number of likely N-dealkylation sites (tertiary alicyclic amines) is 1. The van der Waals surface area contributed by atoms with Gasteiger partial charge in [0.05, 0.1) is 5.56 Å². The van der Waals surface area contributed by atoms with Crippen molar-refractivity contribution >= 4 is 18.4 Å². The average Bonchev–Trinajstić information content (AvgIpc) is 2.57. The van der Waals surface area contributed by atoms with Crippen molar-refractivity contribution in [2.75, 3.05) is 13.1 Å². The van der Waals surface area contributed by atoms with Crippen LogP contribution in [-0.4, -0.2) is 29.1 Å². The molecule has 24 heavy (non-hydrogen) atoms. The third kappa shape index (κ3) is 4.13. The Morgan fingerprint density at radius 2 is 1.75 bits per heavy atom. The fraction of sp³-hybridized carbons (Fsp3) is 0.316. The van der Waals surface area contributed by atoms with Gasteiger partial charge in [-0.25, -0.2) is 9.18 Å². The van der Waals surface area contributed by atoms with Crippen LogP contribution in [0.25, 0.3) is 0 Å². The zero-order chi connectivity index (χ0) is 16.2. The minimum absolute atomic E-state index is 0. The molecule has 2 aromatic carbocycles. The summed E-state index contributed by atoms with van der Waals surface area (Å²) in [6.45, 7) is 2.71. The minimum atomic E-state index is -1.20. The summed E-state index contributed by atoms with van der Waals surface area (Å²) in [4.78, 5) is 13.4. The van der Waals surface area contributed by atoms with Crippen LogP contribution in [0.5, 0.6) is 0 Å². The maximum atomic E-state index is 14.4. The standard InChI is InChI=1S/C19H20FNO2.ClH/c20-18-16(7-4-8-17(18)19(22)23)15-9-11-21(12-10-15)13-14-5-2-1-3-6-14;/h1-8,15H,9-13H2,(H,22,23);1H. The predicted octanol–water partition coefficient (Wildman–Crippen LogP) is 4.33. The van der Waals surface area contributed by atoms with Gasteiger partial charge in [-0.15, -0.1) is 12.4 Å². The lowest BCUT2D eigenvalue weighted by Gasteiger charge is -2.32. The number of hydrogen-bond donors (Lipinski definition) is 1. The van der Waals surface area contributed by atoms with E-state index in [0.717, 1.165) is 32.5 Å². The maximum Gasteiger partial charge on any atom is 0.338 e. The molecule has 128 valence electrons. The van der Waals surface area contributed by atoms with Crippen LogP contribution < -0.4 is 0 Å². The number of halogens is 2. The van der Waals surface area contributed by atoms with E-state index in [1.165, 1.54) is 11.6 Å². The van der Waals surface area contributed by atoms with Crippen molar-refractivity contribution in [2.45, 2.75) is 25.3 Å². The van der Waals surface area contributed by atoms with Crippen LogP contribution >= 0.6 is 12.4 Å². The van der Waals surface area contributed by atoms with Gasteiger partial charge in [0.15, 0.2) is 0 Å². The van der Waals surface area contributed by atoms with Crippen LogP contribution in [0.15, 0.2) is 48.5 Å². The van der Waals surface area contributed by atoms with Gasteiger partial charge >= 0.3 is 5.97 Å². The lowest BCUT2D eigenvalue weighted by molar-refractivity contribution is 0.0691. The molecule has 1 aliphatic rings. The highest BCUT2D eigenvalue weighted by Crippen LogP contribution is 2.31. The van der Waals surface area contributed by atoms with Gasteiger partial charge in [-0.1, -0.05) is 42.5 Å². The summed E-state index contributed by atoms with van der Waals surface area (Å²) in [5.41, 5.74) is 1.60. The molecule has 1 aliphatic heterocycles. The van der Waals surface area contributed by atoms with E-state index in [4.69, 9.17) is 5.11 Å². The highest BCUT2D eigenvalue weighted by molar-refractivity contribution is 5.88. The smallest absolute Gasteiger partial charge is 0.338 e. The number of carboxylic acid groups (broad SMARTS) is 1. The van der Waals surface area contributed by atoms with Gasteiger partial charge in [0.2, 0.25) is 0 Å². The number of benzene rings is 2. The first-order chi connectivity index (χ1) is 11.1. The molecule has 1 N–H and O–H groups in total. The van der Waals surface area contributed by atoms with Gasteiger partial charge in [0, 0.05) is 6.54 Å². The van der Waals surface area contributed by atoms with Crippen LogP contribution in [0.3, 0.4) is 0 Å². The SMILES string of the molecule is Cl.O=C(O)c1cccc(C2CCN(Cc3ccccc3)CC2)c1F. The van der Waals surface area contributed by atoms with Crippen molar-refractivity contribution in [1.82, 2.24) is 4.90 Å². The summed E-state index contributed by atoms with van der Waals surface area (Å²) in [6.07, 6.45) is 1.71. The fourth-order valence-electron chi connectivity index (χ4n) is 3.27. The molecule has 0 bridgehead atoms. The van der Waals surface area contributed by atoms with E-state index < -0.39 is 11.8 Å². The molecule has 1 saturated heterocycles. The molecular formula is C19H21ClFNO2. The van der Waals surface area contributed by atoms with E-state index in [1.54, 1.807) is 12.1 Å². The Labute approximate surface area is 147 Å². The summed E-state index contributed by atoms with van der Waals surface area (Å²) in [5.74, 6) is -1.67. The number of carbonyl (C=O) groups is 1. The highest BCUT2D eigenvalue weighted by atomic mass is 35.5. The van der Waals surface area contributed by atoms with Crippen LogP contribution in [0.4, 0.5) is 4.39 Å². The van der Waals surface area contributed by atoms with E-state index in [9.17, 15) is 9.18 Å². The largest absolute Gasteiger partial charge is 0.478 e. The quantitative estimate of drug-likeness (QED) is 0.893. The lowest BCUT2D eigenvalue weighted by Crippen LogP contribution is -2.32. The lowest BCUT2D eigenvalue weighted by atomic mass is 9.88. The maximum absolute atomic E-state index is 14.4. The molecule has 1 heterocycles. The molecule has 5 heteroatoms. The Bertz CT molecular complexity index is 685. The van der Waals surface area contributed by atoms with Gasteiger partial charge in [-0.3, -0.25) is 4.90 Å². The predicted molar refractivity (Wildman–Crippen MR) is 94.3 cm³/mol. The molecule has 0 aliphatic carbocycles. The zero-order valence-corrected chi connectivity index (χ0v) is 14.1. The van der Waals surface area contributed by atoms with Gasteiger partial charge < -0.3 is 5.11 Å². The second-order valence-corrected chi connectivity index (χ2v) is 6.05. The molecule has 0 spiro atoms. The molecule has 0 unspecified atom stereocenters. The van der Waals surface area contributed by atoms with E-state index in [2.05, 4.69) is 17.0 Å². The normalized spacial score (nSPS) is 15.7. The molecule has 3 rings (SSSR count). The third-order valence-electron chi connectivity index (χ3n) is 4.54. The number of hydrogen-bond acceptors (Lipinski definition) is 2. The van der Waals surface area contributed by atoms with Crippen molar-refractivity contribution in [2.24, 2.45) is 0 Å².